The van der Waals surface area contributed by atoms with Crippen LogP contribution in [-0.2, 0) is 14.8 Å². The highest BCUT2D eigenvalue weighted by atomic mass is 32.2. The van der Waals surface area contributed by atoms with Gasteiger partial charge in [0, 0.05) is 31.7 Å². The first-order valence-corrected chi connectivity index (χ1v) is 13.1. The van der Waals surface area contributed by atoms with E-state index in [1.165, 1.54) is 23.6 Å². The van der Waals surface area contributed by atoms with E-state index >= 15 is 0 Å². The summed E-state index contributed by atoms with van der Waals surface area (Å²) in [4.78, 5) is 15.5. The van der Waals surface area contributed by atoms with Gasteiger partial charge in [-0.3, -0.25) is 9.69 Å². The maximum atomic E-state index is 13.2. The lowest BCUT2D eigenvalue weighted by atomic mass is 9.53. The summed E-state index contributed by atoms with van der Waals surface area (Å²) < 4.78 is 32.6. The molecule has 1 saturated heterocycles. The highest BCUT2D eigenvalue weighted by molar-refractivity contribution is 7.89. The van der Waals surface area contributed by atoms with Gasteiger partial charge < -0.3 is 9.84 Å². The Morgan fingerprint density at radius 2 is 1.61 bits per heavy atom. The van der Waals surface area contributed by atoms with E-state index < -0.39 is 10.0 Å². The highest BCUT2D eigenvalue weighted by Crippen LogP contribution is 2.55. The fourth-order valence-electron chi connectivity index (χ4n) is 7.10. The first kappa shape index (κ1) is 21.4. The zero-order valence-electron chi connectivity index (χ0n) is 18.8. The molecule has 1 unspecified atom stereocenters. The fraction of sp³-hybridized carbons (Fsp3) is 0.818. The topological polar surface area (TPSA) is 95.8 Å². The summed E-state index contributed by atoms with van der Waals surface area (Å²) in [5.74, 6) is 2.80. The van der Waals surface area contributed by atoms with Crippen LogP contribution in [0.1, 0.15) is 56.9 Å². The standard InChI is InChI=1S/C22H34N4O4S/c1-14-20(16(3)30-24-14)31(28,29)26-6-4-25(5-7-26)15(2)21(27)23-22-11-17-8-18(12-22)10-19(9-17)13-22/h15,17-19H,4-13H2,1-3H3,(H,23,27). The van der Waals surface area contributed by atoms with Gasteiger partial charge in [-0.15, -0.1) is 0 Å². The molecule has 4 bridgehead atoms. The van der Waals surface area contributed by atoms with Gasteiger partial charge in [0.05, 0.1) is 6.04 Å². The summed E-state index contributed by atoms with van der Waals surface area (Å²) in [7, 11) is -3.64. The van der Waals surface area contributed by atoms with Crippen LogP contribution in [0.25, 0.3) is 0 Å². The summed E-state index contributed by atoms with van der Waals surface area (Å²) in [6.07, 6.45) is 7.48. The van der Waals surface area contributed by atoms with Crippen molar-refractivity contribution in [2.24, 2.45) is 17.8 Å². The molecule has 0 radical (unpaired) electrons. The molecule has 1 aromatic rings. The third kappa shape index (κ3) is 3.72. The molecule has 4 aliphatic carbocycles. The molecule has 1 aromatic heterocycles. The maximum absolute atomic E-state index is 13.2. The van der Waals surface area contributed by atoms with Crippen LogP contribution in [0, 0.1) is 31.6 Å². The van der Waals surface area contributed by atoms with Crippen molar-refractivity contribution in [2.75, 3.05) is 26.2 Å². The minimum atomic E-state index is -3.64. The molecule has 2 heterocycles. The van der Waals surface area contributed by atoms with Crippen LogP contribution in [0.2, 0.25) is 0 Å². The van der Waals surface area contributed by atoms with E-state index in [4.69, 9.17) is 4.52 Å². The van der Waals surface area contributed by atoms with E-state index in [1.807, 2.05) is 6.92 Å². The van der Waals surface area contributed by atoms with Crippen LogP contribution < -0.4 is 5.32 Å². The minimum Gasteiger partial charge on any atom is -0.360 e. The molecule has 1 atom stereocenters. The van der Waals surface area contributed by atoms with Crippen LogP contribution >= 0.6 is 0 Å². The van der Waals surface area contributed by atoms with E-state index in [2.05, 4.69) is 15.4 Å². The van der Waals surface area contributed by atoms with Crippen molar-refractivity contribution in [1.29, 1.82) is 0 Å². The van der Waals surface area contributed by atoms with Gasteiger partial charge in [-0.1, -0.05) is 5.16 Å². The van der Waals surface area contributed by atoms with Crippen molar-refractivity contribution < 1.29 is 17.7 Å². The van der Waals surface area contributed by atoms with Gasteiger partial charge in [-0.05, 0) is 77.0 Å². The summed E-state index contributed by atoms with van der Waals surface area (Å²) in [5, 5.41) is 7.26. The normalized spacial score (nSPS) is 34.7. The van der Waals surface area contributed by atoms with Crippen LogP contribution in [0.15, 0.2) is 9.42 Å². The molecule has 31 heavy (non-hydrogen) atoms. The number of nitrogens with zero attached hydrogens (tertiary/aromatic N) is 3. The number of amides is 1. The molecule has 6 rings (SSSR count). The average Bonchev–Trinajstić information content (AvgIpc) is 3.05. The molecule has 0 spiro atoms. The SMILES string of the molecule is Cc1noc(C)c1S(=O)(=O)N1CCN(C(C)C(=O)NC23CC4CC(CC(C4)C2)C3)CC1. The molecule has 1 aliphatic heterocycles. The average molecular weight is 451 g/mol. The quantitative estimate of drug-likeness (QED) is 0.738. The van der Waals surface area contributed by atoms with Gasteiger partial charge >= 0.3 is 0 Å². The number of hydrogen-bond acceptors (Lipinski definition) is 6. The van der Waals surface area contributed by atoms with Crippen molar-refractivity contribution in [1.82, 2.24) is 19.7 Å². The second kappa shape index (κ2) is 7.56. The number of sulfonamides is 1. The number of rotatable bonds is 5. The summed E-state index contributed by atoms with van der Waals surface area (Å²) in [6.45, 7) is 7.03. The zero-order valence-corrected chi connectivity index (χ0v) is 19.6. The van der Waals surface area contributed by atoms with E-state index in [0.29, 0.717) is 37.6 Å². The number of carbonyl (C=O) groups is 1. The smallest absolute Gasteiger partial charge is 0.248 e. The Hall–Kier alpha value is -1.45. The van der Waals surface area contributed by atoms with Crippen LogP contribution in [0.5, 0.6) is 0 Å². The number of carbonyl (C=O) groups excluding carboxylic acids is 1. The van der Waals surface area contributed by atoms with Crippen LogP contribution in [-0.4, -0.2) is 66.4 Å². The lowest BCUT2D eigenvalue weighted by Crippen LogP contribution is -2.63. The highest BCUT2D eigenvalue weighted by Gasteiger charge is 2.52. The van der Waals surface area contributed by atoms with Crippen molar-refractivity contribution in [3.05, 3.63) is 11.5 Å². The Morgan fingerprint density at radius 3 is 2.10 bits per heavy atom. The molecule has 9 heteroatoms. The Balaban J connectivity index is 1.20. The molecule has 8 nitrogen and oxygen atoms in total. The molecule has 1 N–H and O–H groups in total. The number of piperazine rings is 1. The Kier molecular flexibility index (Phi) is 5.22. The molecule has 172 valence electrons. The van der Waals surface area contributed by atoms with Crippen molar-refractivity contribution in [3.63, 3.8) is 0 Å². The Morgan fingerprint density at radius 1 is 1.06 bits per heavy atom. The first-order chi connectivity index (χ1) is 14.7. The van der Waals surface area contributed by atoms with E-state index in [0.717, 1.165) is 37.0 Å². The lowest BCUT2D eigenvalue weighted by molar-refractivity contribution is -0.132. The second-order valence-corrected chi connectivity index (χ2v) is 12.3. The molecule has 5 aliphatic rings. The van der Waals surface area contributed by atoms with Crippen molar-refractivity contribution in [2.45, 2.75) is 75.8 Å². The third-order valence-electron chi connectivity index (χ3n) is 8.19. The Labute approximate surface area is 184 Å². The van der Waals surface area contributed by atoms with E-state index in [1.54, 1.807) is 13.8 Å². The maximum Gasteiger partial charge on any atom is 0.248 e. The predicted octanol–water partition coefficient (Wildman–Crippen LogP) is 2.07. The number of nitrogens with one attached hydrogen (secondary N) is 1. The third-order valence-corrected chi connectivity index (χ3v) is 10.3. The largest absolute Gasteiger partial charge is 0.360 e. The van der Waals surface area contributed by atoms with Crippen LogP contribution in [0.3, 0.4) is 0 Å². The number of aryl methyl sites for hydroxylation is 2. The summed E-state index contributed by atoms with van der Waals surface area (Å²) >= 11 is 0. The summed E-state index contributed by atoms with van der Waals surface area (Å²) in [5.41, 5.74) is 0.400. The lowest BCUT2D eigenvalue weighted by Gasteiger charge is -2.57. The van der Waals surface area contributed by atoms with Gasteiger partial charge in [0.2, 0.25) is 15.9 Å². The number of hydrogen-bond donors (Lipinski definition) is 1. The molecular formula is C22H34N4O4S. The molecular weight excluding hydrogens is 416 g/mol. The second-order valence-electron chi connectivity index (χ2n) is 10.5. The van der Waals surface area contributed by atoms with Crippen molar-refractivity contribution >= 4 is 15.9 Å². The van der Waals surface area contributed by atoms with Gasteiger partial charge in [-0.2, -0.15) is 4.31 Å². The minimum absolute atomic E-state index is 0.00852. The fourth-order valence-corrected chi connectivity index (χ4v) is 8.81. The molecule has 5 fully saturated rings. The molecule has 4 saturated carbocycles. The van der Waals surface area contributed by atoms with Gasteiger partial charge in [-0.25, -0.2) is 8.42 Å². The van der Waals surface area contributed by atoms with Gasteiger partial charge in [0.1, 0.15) is 10.6 Å². The molecule has 1 amide bonds. The first-order valence-electron chi connectivity index (χ1n) is 11.7. The Bertz CT molecular complexity index is 909. The van der Waals surface area contributed by atoms with E-state index in [9.17, 15) is 13.2 Å². The summed E-state index contributed by atoms with van der Waals surface area (Å²) in [6, 6.07) is -0.253. The van der Waals surface area contributed by atoms with Gasteiger partial charge in [0.15, 0.2) is 5.76 Å². The van der Waals surface area contributed by atoms with Crippen molar-refractivity contribution in [3.8, 4) is 0 Å². The predicted molar refractivity (Wildman–Crippen MR) is 115 cm³/mol. The number of aromatic nitrogens is 1. The molecule has 0 aromatic carbocycles. The van der Waals surface area contributed by atoms with Gasteiger partial charge in [0.25, 0.3) is 0 Å². The van der Waals surface area contributed by atoms with Crippen LogP contribution in [0.4, 0.5) is 0 Å². The van der Waals surface area contributed by atoms with E-state index in [-0.39, 0.29) is 22.4 Å². The zero-order chi connectivity index (χ0) is 22.0. The monoisotopic (exact) mass is 450 g/mol.